The van der Waals surface area contributed by atoms with Crippen LogP contribution in [0.1, 0.15) is 10.4 Å². The summed E-state index contributed by atoms with van der Waals surface area (Å²) >= 11 is 16.4. The van der Waals surface area contributed by atoms with E-state index in [9.17, 15) is 4.79 Å². The summed E-state index contributed by atoms with van der Waals surface area (Å²) in [6, 6.07) is 12.2. The van der Waals surface area contributed by atoms with Crippen molar-refractivity contribution in [2.45, 2.75) is 5.22 Å². The minimum absolute atomic E-state index is 0.0122. The van der Waals surface area contributed by atoms with E-state index >= 15 is 0 Å². The van der Waals surface area contributed by atoms with Gasteiger partial charge in [0.15, 0.2) is 5.78 Å². The third-order valence-corrected chi connectivity index (χ3v) is 5.15. The van der Waals surface area contributed by atoms with Crippen molar-refractivity contribution in [1.29, 1.82) is 0 Å². The van der Waals surface area contributed by atoms with E-state index in [2.05, 4.69) is 26.1 Å². The van der Waals surface area contributed by atoms with Gasteiger partial charge in [0.2, 0.25) is 5.89 Å². The van der Waals surface area contributed by atoms with Crippen molar-refractivity contribution >= 4 is 56.7 Å². The maximum Gasteiger partial charge on any atom is 0.277 e. The van der Waals surface area contributed by atoms with Gasteiger partial charge in [0, 0.05) is 15.6 Å². The van der Waals surface area contributed by atoms with Crippen molar-refractivity contribution in [2.75, 3.05) is 5.75 Å². The van der Waals surface area contributed by atoms with E-state index in [4.69, 9.17) is 27.6 Å². The zero-order valence-electron chi connectivity index (χ0n) is 12.0. The van der Waals surface area contributed by atoms with E-state index in [0.29, 0.717) is 32.3 Å². The van der Waals surface area contributed by atoms with Crippen molar-refractivity contribution in [2.24, 2.45) is 0 Å². The van der Waals surface area contributed by atoms with Crippen molar-refractivity contribution in [3.8, 4) is 11.5 Å². The Bertz CT molecular complexity index is 884. The fourth-order valence-electron chi connectivity index (χ4n) is 1.86. The number of hydrogen-bond donors (Lipinski definition) is 0. The van der Waals surface area contributed by atoms with Gasteiger partial charge in [-0.05, 0) is 30.3 Å². The number of aromatic nitrogens is 2. The van der Waals surface area contributed by atoms with Crippen LogP contribution in [0.5, 0.6) is 0 Å². The van der Waals surface area contributed by atoms with E-state index in [1.807, 2.05) is 12.1 Å². The van der Waals surface area contributed by atoms with Gasteiger partial charge in [-0.25, -0.2) is 0 Å². The molecule has 0 bridgehead atoms. The number of carbonyl (C=O) groups excluding carboxylic acids is 1. The first-order valence-corrected chi connectivity index (χ1v) is 9.27. The van der Waals surface area contributed by atoms with Gasteiger partial charge in [0.25, 0.3) is 5.22 Å². The Kier molecular flexibility index (Phi) is 5.61. The fourth-order valence-corrected chi connectivity index (χ4v) is 3.08. The molecule has 2 aromatic carbocycles. The molecule has 3 aromatic rings. The van der Waals surface area contributed by atoms with Crippen LogP contribution in [-0.2, 0) is 0 Å². The number of rotatable bonds is 5. The zero-order chi connectivity index (χ0) is 17.1. The van der Waals surface area contributed by atoms with Crippen molar-refractivity contribution in [3.05, 3.63) is 62.5 Å². The normalized spacial score (nSPS) is 10.8. The van der Waals surface area contributed by atoms with Crippen LogP contribution in [0.15, 0.2) is 56.6 Å². The lowest BCUT2D eigenvalue weighted by molar-refractivity contribution is 0.102. The number of thioether (sulfide) groups is 1. The third kappa shape index (κ3) is 4.19. The molecule has 0 saturated carbocycles. The molecule has 4 nitrogen and oxygen atoms in total. The lowest BCUT2D eigenvalue weighted by Crippen LogP contribution is -2.01. The third-order valence-electron chi connectivity index (χ3n) is 3.07. The molecular weight excluding hydrogens is 435 g/mol. The molecule has 0 unspecified atom stereocenters. The van der Waals surface area contributed by atoms with Crippen LogP contribution in [0.4, 0.5) is 0 Å². The summed E-state index contributed by atoms with van der Waals surface area (Å²) in [6.45, 7) is 0. The van der Waals surface area contributed by atoms with Gasteiger partial charge in [-0.15, -0.1) is 10.2 Å². The number of halogens is 3. The fraction of sp³-hybridized carbons (Fsp3) is 0.0625. The second-order valence-corrected chi connectivity index (χ2v) is 7.38. The molecule has 0 radical (unpaired) electrons. The monoisotopic (exact) mass is 442 g/mol. The number of benzene rings is 2. The van der Waals surface area contributed by atoms with Crippen LogP contribution in [0, 0.1) is 0 Å². The number of nitrogens with zero attached hydrogens (tertiary/aromatic N) is 2. The highest BCUT2D eigenvalue weighted by molar-refractivity contribution is 9.10. The summed E-state index contributed by atoms with van der Waals surface area (Å²) in [6.07, 6.45) is 0. The van der Waals surface area contributed by atoms with Crippen LogP contribution in [-0.4, -0.2) is 21.7 Å². The predicted molar refractivity (Wildman–Crippen MR) is 99.0 cm³/mol. The minimum Gasteiger partial charge on any atom is -0.411 e. The van der Waals surface area contributed by atoms with Gasteiger partial charge >= 0.3 is 0 Å². The Labute approximate surface area is 160 Å². The van der Waals surface area contributed by atoms with E-state index in [-0.39, 0.29) is 11.5 Å². The largest absolute Gasteiger partial charge is 0.411 e. The first-order valence-electron chi connectivity index (χ1n) is 6.73. The second kappa shape index (κ2) is 7.70. The van der Waals surface area contributed by atoms with Crippen LogP contribution in [0.2, 0.25) is 10.0 Å². The molecule has 1 heterocycles. The second-order valence-electron chi connectivity index (χ2n) is 4.72. The molecule has 24 heavy (non-hydrogen) atoms. The van der Waals surface area contributed by atoms with Crippen LogP contribution in [0.25, 0.3) is 11.5 Å². The smallest absolute Gasteiger partial charge is 0.277 e. The van der Waals surface area contributed by atoms with Gasteiger partial charge in [-0.1, -0.05) is 63.0 Å². The Hall–Kier alpha value is -1.34. The molecule has 0 spiro atoms. The molecule has 0 amide bonds. The molecule has 0 N–H and O–H groups in total. The van der Waals surface area contributed by atoms with E-state index in [1.165, 1.54) is 11.8 Å². The SMILES string of the molecule is O=C(CSc1nnc(-c2ccc(Cl)c(Cl)c2)o1)c1ccc(Br)cc1. The molecule has 3 rings (SSSR count). The maximum absolute atomic E-state index is 12.1. The molecule has 0 saturated heterocycles. The van der Waals surface area contributed by atoms with Gasteiger partial charge in [-0.2, -0.15) is 0 Å². The number of hydrogen-bond acceptors (Lipinski definition) is 5. The molecule has 0 atom stereocenters. The lowest BCUT2D eigenvalue weighted by atomic mass is 10.2. The number of ketones is 1. The van der Waals surface area contributed by atoms with Crippen LogP contribution < -0.4 is 0 Å². The first-order chi connectivity index (χ1) is 11.5. The molecule has 122 valence electrons. The van der Waals surface area contributed by atoms with E-state index in [1.54, 1.807) is 30.3 Å². The summed E-state index contributed by atoms with van der Waals surface area (Å²) in [5.74, 6) is 0.527. The lowest BCUT2D eigenvalue weighted by Gasteiger charge is -1.99. The van der Waals surface area contributed by atoms with Crippen LogP contribution >= 0.6 is 50.9 Å². The molecule has 1 aromatic heterocycles. The van der Waals surface area contributed by atoms with Gasteiger partial charge in [0.05, 0.1) is 15.8 Å². The van der Waals surface area contributed by atoms with Crippen molar-refractivity contribution in [1.82, 2.24) is 10.2 Å². The Morgan fingerprint density at radius 2 is 1.83 bits per heavy atom. The summed E-state index contributed by atoms with van der Waals surface area (Å²) in [5.41, 5.74) is 1.30. The van der Waals surface area contributed by atoms with Crippen molar-refractivity contribution in [3.63, 3.8) is 0 Å². The maximum atomic E-state index is 12.1. The first kappa shape index (κ1) is 17.5. The quantitative estimate of drug-likeness (QED) is 0.369. The van der Waals surface area contributed by atoms with Gasteiger partial charge in [0.1, 0.15) is 0 Å². The van der Waals surface area contributed by atoms with Gasteiger partial charge in [-0.3, -0.25) is 4.79 Å². The highest BCUT2D eigenvalue weighted by atomic mass is 79.9. The molecule has 0 aliphatic heterocycles. The molecule has 0 aliphatic carbocycles. The highest BCUT2D eigenvalue weighted by Crippen LogP contribution is 2.29. The molecule has 0 aliphatic rings. The van der Waals surface area contributed by atoms with Gasteiger partial charge < -0.3 is 4.42 Å². The Balaban J connectivity index is 1.66. The minimum atomic E-state index is -0.0122. The van der Waals surface area contributed by atoms with Crippen LogP contribution in [0.3, 0.4) is 0 Å². The van der Waals surface area contributed by atoms with E-state index < -0.39 is 0 Å². The standard InChI is InChI=1S/C16H9BrCl2N2O2S/c17-11-4-1-9(2-5-11)14(22)8-24-16-21-20-15(23-16)10-3-6-12(18)13(19)7-10/h1-7H,8H2. The summed E-state index contributed by atoms with van der Waals surface area (Å²) in [5, 5.41) is 9.08. The molecule has 8 heteroatoms. The highest BCUT2D eigenvalue weighted by Gasteiger charge is 2.13. The molecular formula is C16H9BrCl2N2O2S. The number of Topliss-reactive ketones (excluding diaryl/α,β-unsaturated/α-hetero) is 1. The summed E-state index contributed by atoms with van der Waals surface area (Å²) in [4.78, 5) is 12.1. The Morgan fingerprint density at radius 3 is 2.54 bits per heavy atom. The predicted octanol–water partition coefficient (Wildman–Crippen LogP) is 5.78. The number of carbonyl (C=O) groups is 1. The van der Waals surface area contributed by atoms with E-state index in [0.717, 1.165) is 4.47 Å². The van der Waals surface area contributed by atoms with Crippen molar-refractivity contribution < 1.29 is 9.21 Å². The Morgan fingerprint density at radius 1 is 1.08 bits per heavy atom. The summed E-state index contributed by atoms with van der Waals surface area (Å²) in [7, 11) is 0. The average molecular weight is 444 g/mol. The summed E-state index contributed by atoms with van der Waals surface area (Å²) < 4.78 is 6.48. The topological polar surface area (TPSA) is 56.0 Å². The average Bonchev–Trinajstić information content (AvgIpc) is 3.05. The molecule has 0 fully saturated rings. The zero-order valence-corrected chi connectivity index (χ0v) is 15.9.